The summed E-state index contributed by atoms with van der Waals surface area (Å²) in [6.07, 6.45) is 0.454. The molecular weight excluding hydrogens is 315 g/mol. The number of aryl methyl sites for hydroxylation is 1. The van der Waals surface area contributed by atoms with E-state index in [1.54, 1.807) is 12.1 Å². The zero-order valence-electron chi connectivity index (χ0n) is 14.4. The summed E-state index contributed by atoms with van der Waals surface area (Å²) < 4.78 is 13.1. The van der Waals surface area contributed by atoms with Gasteiger partial charge in [0.25, 0.3) is 0 Å². The molecule has 4 heteroatoms. The molecule has 0 unspecified atom stereocenters. The lowest BCUT2D eigenvalue weighted by Gasteiger charge is -2.36. The Hall–Kier alpha value is -2.17. The molecule has 0 saturated carbocycles. The number of H-pyrrole nitrogens is 1. The lowest BCUT2D eigenvalue weighted by atomic mass is 9.87. The van der Waals surface area contributed by atoms with Crippen molar-refractivity contribution in [2.75, 3.05) is 13.1 Å². The summed E-state index contributed by atoms with van der Waals surface area (Å²) in [7, 11) is 0. The highest BCUT2D eigenvalue weighted by Crippen LogP contribution is 2.30. The highest BCUT2D eigenvalue weighted by atomic mass is 19.1. The quantitative estimate of drug-likeness (QED) is 0.759. The van der Waals surface area contributed by atoms with Crippen molar-refractivity contribution in [1.29, 1.82) is 0 Å². The molecule has 0 bridgehead atoms. The number of piperidine rings is 1. The molecule has 0 radical (unpaired) electrons. The molecule has 4 rings (SSSR count). The first-order valence-corrected chi connectivity index (χ1v) is 8.84. The Bertz CT molecular complexity index is 871. The van der Waals surface area contributed by atoms with Crippen LogP contribution in [0.25, 0.3) is 10.9 Å². The average molecular weight is 338 g/mol. The normalized spacial score (nSPS) is 21.7. The van der Waals surface area contributed by atoms with Crippen molar-refractivity contribution in [3.8, 4) is 0 Å². The summed E-state index contributed by atoms with van der Waals surface area (Å²) in [6, 6.07) is 14.9. The maximum atomic E-state index is 13.1. The van der Waals surface area contributed by atoms with Crippen LogP contribution in [0.2, 0.25) is 0 Å². The second-order valence-corrected chi connectivity index (χ2v) is 7.02. The molecular formula is C21H23FN2O. The van der Waals surface area contributed by atoms with E-state index < -0.39 is 6.10 Å². The van der Waals surface area contributed by atoms with Crippen molar-refractivity contribution in [3.63, 3.8) is 0 Å². The molecule has 2 heterocycles. The molecule has 1 saturated heterocycles. The first kappa shape index (κ1) is 16.3. The number of aliphatic hydroxyl groups is 1. The highest BCUT2D eigenvalue weighted by molar-refractivity contribution is 5.84. The third kappa shape index (κ3) is 3.20. The fraction of sp³-hybridized carbons (Fsp3) is 0.333. The van der Waals surface area contributed by atoms with E-state index in [4.69, 9.17) is 0 Å². The monoisotopic (exact) mass is 338 g/mol. The summed E-state index contributed by atoms with van der Waals surface area (Å²) in [5.41, 5.74) is 4.69. The van der Waals surface area contributed by atoms with Crippen LogP contribution in [0.3, 0.4) is 0 Å². The van der Waals surface area contributed by atoms with Gasteiger partial charge in [0.2, 0.25) is 0 Å². The summed E-state index contributed by atoms with van der Waals surface area (Å²) in [5.74, 6) is -0.148. The predicted octanol–water partition coefficient (Wildman–Crippen LogP) is 3.97. The largest absolute Gasteiger partial charge is 0.391 e. The molecule has 1 aromatic heterocycles. The second kappa shape index (κ2) is 6.62. The number of hydrogen-bond acceptors (Lipinski definition) is 2. The molecule has 3 aromatic rings. The molecule has 1 aliphatic rings. The molecule has 2 aromatic carbocycles. The smallest absolute Gasteiger partial charge is 0.123 e. The van der Waals surface area contributed by atoms with Gasteiger partial charge < -0.3 is 10.1 Å². The Morgan fingerprint density at radius 2 is 1.92 bits per heavy atom. The van der Waals surface area contributed by atoms with Gasteiger partial charge in [-0.25, -0.2) is 4.39 Å². The molecule has 1 fully saturated rings. The Morgan fingerprint density at radius 3 is 2.64 bits per heavy atom. The number of nitrogens with one attached hydrogen (secondary N) is 1. The maximum Gasteiger partial charge on any atom is 0.123 e. The first-order chi connectivity index (χ1) is 12.1. The number of aromatic nitrogens is 1. The summed E-state index contributed by atoms with van der Waals surface area (Å²) in [5, 5.41) is 11.9. The number of benzene rings is 2. The van der Waals surface area contributed by atoms with Crippen LogP contribution in [-0.2, 0) is 6.54 Å². The fourth-order valence-corrected chi connectivity index (χ4v) is 3.96. The van der Waals surface area contributed by atoms with Gasteiger partial charge >= 0.3 is 0 Å². The third-order valence-electron chi connectivity index (χ3n) is 5.42. The van der Waals surface area contributed by atoms with E-state index in [0.717, 1.165) is 30.6 Å². The predicted molar refractivity (Wildman–Crippen MR) is 98.1 cm³/mol. The highest BCUT2D eigenvalue weighted by Gasteiger charge is 2.29. The average Bonchev–Trinajstić information content (AvgIpc) is 2.92. The molecule has 1 aliphatic heterocycles. The first-order valence-electron chi connectivity index (χ1n) is 8.84. The number of rotatable bonds is 3. The van der Waals surface area contributed by atoms with Crippen LogP contribution in [0.15, 0.2) is 48.5 Å². The molecule has 130 valence electrons. The number of fused-ring (bicyclic) bond motifs is 1. The number of nitrogens with zero attached hydrogens (tertiary/aromatic N) is 1. The van der Waals surface area contributed by atoms with Crippen LogP contribution < -0.4 is 0 Å². The molecule has 0 aliphatic carbocycles. The minimum Gasteiger partial charge on any atom is -0.391 e. The van der Waals surface area contributed by atoms with Crippen LogP contribution in [0.5, 0.6) is 0 Å². The van der Waals surface area contributed by atoms with Gasteiger partial charge in [-0.05, 0) is 49.2 Å². The van der Waals surface area contributed by atoms with E-state index >= 15 is 0 Å². The van der Waals surface area contributed by atoms with E-state index in [2.05, 4.69) is 35.0 Å². The van der Waals surface area contributed by atoms with Gasteiger partial charge in [0.1, 0.15) is 5.82 Å². The van der Waals surface area contributed by atoms with Crippen LogP contribution in [-0.4, -0.2) is 34.2 Å². The van der Waals surface area contributed by atoms with Gasteiger partial charge in [0, 0.05) is 35.6 Å². The molecule has 25 heavy (non-hydrogen) atoms. The third-order valence-corrected chi connectivity index (χ3v) is 5.42. The number of aromatic amines is 1. The number of β-amino-alcohol motifs (C(OH)–C–C–N with tert-alkyl or cyclic N) is 1. The van der Waals surface area contributed by atoms with Crippen molar-refractivity contribution >= 4 is 10.9 Å². The van der Waals surface area contributed by atoms with E-state index in [9.17, 15) is 9.50 Å². The van der Waals surface area contributed by atoms with Crippen molar-refractivity contribution < 1.29 is 9.50 Å². The fourth-order valence-electron chi connectivity index (χ4n) is 3.96. The topological polar surface area (TPSA) is 39.3 Å². The van der Waals surface area contributed by atoms with Crippen molar-refractivity contribution in [3.05, 3.63) is 71.2 Å². The lowest BCUT2D eigenvalue weighted by Crippen LogP contribution is -2.42. The van der Waals surface area contributed by atoms with Crippen molar-refractivity contribution in [2.24, 2.45) is 0 Å². The zero-order chi connectivity index (χ0) is 17.4. The zero-order valence-corrected chi connectivity index (χ0v) is 14.4. The Labute approximate surface area is 147 Å². The van der Waals surface area contributed by atoms with Crippen LogP contribution >= 0.6 is 0 Å². The summed E-state index contributed by atoms with van der Waals surface area (Å²) >= 11 is 0. The van der Waals surface area contributed by atoms with Crippen LogP contribution in [0.1, 0.15) is 29.2 Å². The van der Waals surface area contributed by atoms with Crippen LogP contribution in [0, 0.1) is 12.7 Å². The van der Waals surface area contributed by atoms with Gasteiger partial charge in [-0.15, -0.1) is 0 Å². The van der Waals surface area contributed by atoms with Gasteiger partial charge in [-0.1, -0.05) is 30.3 Å². The molecule has 2 N–H and O–H groups in total. The lowest BCUT2D eigenvalue weighted by molar-refractivity contribution is 0.0471. The van der Waals surface area contributed by atoms with Gasteiger partial charge in [-0.3, -0.25) is 4.90 Å². The second-order valence-electron chi connectivity index (χ2n) is 7.02. The Balaban J connectivity index is 1.47. The Kier molecular flexibility index (Phi) is 4.32. The van der Waals surface area contributed by atoms with Crippen molar-refractivity contribution in [2.45, 2.75) is 31.9 Å². The number of halogens is 1. The van der Waals surface area contributed by atoms with E-state index in [-0.39, 0.29) is 11.7 Å². The molecule has 0 spiro atoms. The Morgan fingerprint density at radius 1 is 1.16 bits per heavy atom. The number of aliphatic hydroxyl groups excluding tert-OH is 1. The maximum absolute atomic E-state index is 13.1. The summed E-state index contributed by atoms with van der Waals surface area (Å²) in [4.78, 5) is 5.80. The van der Waals surface area contributed by atoms with Gasteiger partial charge in [0.15, 0.2) is 0 Å². The SMILES string of the molecule is Cc1c(CN2CC[C@@H](c3ccc(F)cc3)[C@H](O)C2)[nH]c2ccccc12. The minimum absolute atomic E-state index is 0.0839. The van der Waals surface area contributed by atoms with E-state index in [1.807, 2.05) is 6.07 Å². The molecule has 0 amide bonds. The number of hydrogen-bond donors (Lipinski definition) is 2. The van der Waals surface area contributed by atoms with E-state index in [1.165, 1.54) is 28.8 Å². The molecule has 2 atom stereocenters. The molecule has 3 nitrogen and oxygen atoms in total. The van der Waals surface area contributed by atoms with Gasteiger partial charge in [-0.2, -0.15) is 0 Å². The summed E-state index contributed by atoms with van der Waals surface area (Å²) in [6.45, 7) is 4.52. The van der Waals surface area contributed by atoms with E-state index in [0.29, 0.717) is 6.54 Å². The minimum atomic E-state index is -0.427. The van der Waals surface area contributed by atoms with Crippen molar-refractivity contribution in [1.82, 2.24) is 9.88 Å². The van der Waals surface area contributed by atoms with Crippen LogP contribution in [0.4, 0.5) is 4.39 Å². The van der Waals surface area contributed by atoms with Gasteiger partial charge in [0.05, 0.1) is 6.10 Å². The number of para-hydroxylation sites is 1. The number of likely N-dealkylation sites (tertiary alicyclic amines) is 1. The standard InChI is InChI=1S/C21H23FN2O/c1-14-17-4-2-3-5-19(17)23-20(14)12-24-11-10-18(21(25)13-24)15-6-8-16(22)9-7-15/h2-9,18,21,23,25H,10-13H2,1H3/t18-,21+/m0/s1.